The topological polar surface area (TPSA) is 75.7 Å². The minimum atomic E-state index is -3.58. The third kappa shape index (κ3) is 6.00. The highest BCUT2D eigenvalue weighted by atomic mass is 32.2. The van der Waals surface area contributed by atoms with Crippen LogP contribution in [0, 0.1) is 6.92 Å². The molecule has 3 aromatic rings. The molecule has 0 aliphatic rings. The number of amides is 1. The SMILES string of the molecule is COc1ccc(S(=O)(=O)N(C)C)cc1CCC(=O)N[C@@H](c1ccccc1)c1cccc(C)c1. The second-order valence-corrected chi connectivity index (χ2v) is 10.2. The van der Waals surface area contributed by atoms with Crippen molar-refractivity contribution in [3.05, 3.63) is 95.1 Å². The molecule has 0 saturated carbocycles. The van der Waals surface area contributed by atoms with E-state index in [-0.39, 0.29) is 23.3 Å². The molecule has 1 N–H and O–H groups in total. The Kier molecular flexibility index (Phi) is 7.89. The molecular weight excluding hydrogens is 436 g/mol. The van der Waals surface area contributed by atoms with Crippen LogP contribution in [0.15, 0.2) is 77.7 Å². The van der Waals surface area contributed by atoms with Crippen LogP contribution < -0.4 is 10.1 Å². The molecule has 0 radical (unpaired) electrons. The number of ether oxygens (including phenoxy) is 1. The van der Waals surface area contributed by atoms with Gasteiger partial charge in [-0.1, -0.05) is 60.2 Å². The lowest BCUT2D eigenvalue weighted by Crippen LogP contribution is -2.29. The molecule has 1 amide bonds. The van der Waals surface area contributed by atoms with E-state index in [1.807, 2.05) is 55.5 Å². The first-order chi connectivity index (χ1) is 15.7. The number of nitrogens with zero attached hydrogens (tertiary/aromatic N) is 1. The quantitative estimate of drug-likeness (QED) is 0.515. The third-order valence-electron chi connectivity index (χ3n) is 5.47. The number of benzene rings is 3. The van der Waals surface area contributed by atoms with Crippen LogP contribution in [0.1, 0.15) is 34.7 Å². The van der Waals surface area contributed by atoms with Crippen molar-refractivity contribution in [1.29, 1.82) is 0 Å². The first-order valence-electron chi connectivity index (χ1n) is 10.7. The predicted molar refractivity (Wildman–Crippen MR) is 130 cm³/mol. The van der Waals surface area contributed by atoms with Crippen LogP contribution in [0.25, 0.3) is 0 Å². The van der Waals surface area contributed by atoms with Gasteiger partial charge in [0.25, 0.3) is 0 Å². The Hall–Kier alpha value is -3.16. The van der Waals surface area contributed by atoms with E-state index in [0.29, 0.717) is 17.7 Å². The molecule has 174 valence electrons. The summed E-state index contributed by atoms with van der Waals surface area (Å²) < 4.78 is 31.6. The van der Waals surface area contributed by atoms with Crippen LogP contribution in [0.4, 0.5) is 0 Å². The molecule has 0 unspecified atom stereocenters. The van der Waals surface area contributed by atoms with Crippen LogP contribution in [0.2, 0.25) is 0 Å². The lowest BCUT2D eigenvalue weighted by Gasteiger charge is -2.21. The molecule has 33 heavy (non-hydrogen) atoms. The second-order valence-electron chi connectivity index (χ2n) is 8.09. The summed E-state index contributed by atoms with van der Waals surface area (Å²) in [7, 11) is 0.925. The molecule has 1 atom stereocenters. The zero-order valence-electron chi connectivity index (χ0n) is 19.4. The summed E-state index contributed by atoms with van der Waals surface area (Å²) in [5.74, 6) is 0.423. The lowest BCUT2D eigenvalue weighted by atomic mass is 9.97. The fraction of sp³-hybridized carbons (Fsp3) is 0.269. The summed E-state index contributed by atoms with van der Waals surface area (Å²) in [5.41, 5.74) is 3.79. The summed E-state index contributed by atoms with van der Waals surface area (Å²) in [6, 6.07) is 22.3. The maximum Gasteiger partial charge on any atom is 0.242 e. The van der Waals surface area contributed by atoms with Crippen molar-refractivity contribution in [1.82, 2.24) is 9.62 Å². The van der Waals surface area contributed by atoms with Crippen molar-refractivity contribution in [2.75, 3.05) is 21.2 Å². The van der Waals surface area contributed by atoms with Gasteiger partial charge in [-0.05, 0) is 48.2 Å². The first kappa shape index (κ1) is 24.5. The number of methoxy groups -OCH3 is 1. The number of carbonyl (C=O) groups excluding carboxylic acids is 1. The summed E-state index contributed by atoms with van der Waals surface area (Å²) in [6.07, 6.45) is 0.540. The second kappa shape index (κ2) is 10.6. The van der Waals surface area contributed by atoms with Crippen LogP contribution in [0.3, 0.4) is 0 Å². The number of carbonyl (C=O) groups is 1. The maximum atomic E-state index is 13.0. The number of hydrogen-bond acceptors (Lipinski definition) is 4. The van der Waals surface area contributed by atoms with Gasteiger partial charge in [-0.2, -0.15) is 0 Å². The molecule has 3 rings (SSSR count). The highest BCUT2D eigenvalue weighted by Gasteiger charge is 2.20. The van der Waals surface area contributed by atoms with Crippen LogP contribution >= 0.6 is 0 Å². The number of nitrogens with one attached hydrogen (secondary N) is 1. The van der Waals surface area contributed by atoms with Crippen LogP contribution in [-0.2, 0) is 21.2 Å². The molecule has 0 aromatic heterocycles. The van der Waals surface area contributed by atoms with Crippen LogP contribution in [0.5, 0.6) is 5.75 Å². The first-order valence-corrected chi connectivity index (χ1v) is 12.2. The molecule has 0 fully saturated rings. The van der Waals surface area contributed by atoms with Crippen molar-refractivity contribution in [2.45, 2.75) is 30.7 Å². The van der Waals surface area contributed by atoms with Crippen molar-refractivity contribution >= 4 is 15.9 Å². The highest BCUT2D eigenvalue weighted by molar-refractivity contribution is 7.89. The van der Waals surface area contributed by atoms with E-state index >= 15 is 0 Å². The zero-order valence-corrected chi connectivity index (χ0v) is 20.2. The van der Waals surface area contributed by atoms with Gasteiger partial charge in [-0.3, -0.25) is 4.79 Å². The third-order valence-corrected chi connectivity index (χ3v) is 7.28. The molecule has 6 nitrogen and oxygen atoms in total. The van der Waals surface area contributed by atoms with Gasteiger partial charge >= 0.3 is 0 Å². The molecule has 0 spiro atoms. The van der Waals surface area contributed by atoms with Crippen molar-refractivity contribution in [3.8, 4) is 5.75 Å². The maximum absolute atomic E-state index is 13.0. The number of hydrogen-bond donors (Lipinski definition) is 1. The summed E-state index contributed by atoms with van der Waals surface area (Å²) in [6.45, 7) is 2.02. The lowest BCUT2D eigenvalue weighted by molar-refractivity contribution is -0.121. The van der Waals surface area contributed by atoms with Crippen molar-refractivity contribution < 1.29 is 17.9 Å². The fourth-order valence-electron chi connectivity index (χ4n) is 3.66. The molecule has 3 aromatic carbocycles. The molecule has 0 saturated heterocycles. The fourth-order valence-corrected chi connectivity index (χ4v) is 4.61. The Morgan fingerprint density at radius 2 is 1.67 bits per heavy atom. The van der Waals surface area contributed by atoms with Gasteiger partial charge in [0, 0.05) is 20.5 Å². The van der Waals surface area contributed by atoms with Crippen molar-refractivity contribution in [3.63, 3.8) is 0 Å². The summed E-state index contributed by atoms with van der Waals surface area (Å²) in [4.78, 5) is 13.1. The summed E-state index contributed by atoms with van der Waals surface area (Å²) >= 11 is 0. The normalized spacial score (nSPS) is 12.4. The van der Waals surface area contributed by atoms with E-state index in [1.165, 1.54) is 27.3 Å². The van der Waals surface area contributed by atoms with E-state index in [2.05, 4.69) is 11.4 Å². The summed E-state index contributed by atoms with van der Waals surface area (Å²) in [5, 5.41) is 3.14. The molecule has 0 aliphatic heterocycles. The minimum Gasteiger partial charge on any atom is -0.496 e. The van der Waals surface area contributed by atoms with Gasteiger partial charge in [0.1, 0.15) is 5.75 Å². The molecular formula is C26H30N2O4S. The standard InChI is InChI=1S/C26H30N2O4S/c1-19-9-8-12-22(17-19)26(20-10-6-5-7-11-20)27-25(29)16-13-21-18-23(14-15-24(21)32-4)33(30,31)28(2)3/h5-12,14-15,17-18,26H,13,16H2,1-4H3,(H,27,29)/t26-/m0/s1. The monoisotopic (exact) mass is 466 g/mol. The van der Waals surface area contributed by atoms with E-state index in [4.69, 9.17) is 4.74 Å². The Morgan fingerprint density at radius 3 is 2.30 bits per heavy atom. The van der Waals surface area contributed by atoms with E-state index in [1.54, 1.807) is 12.1 Å². The number of aryl methyl sites for hydroxylation is 2. The Morgan fingerprint density at radius 1 is 0.970 bits per heavy atom. The van der Waals surface area contributed by atoms with Gasteiger partial charge in [0.2, 0.25) is 15.9 Å². The van der Waals surface area contributed by atoms with Gasteiger partial charge in [0.15, 0.2) is 0 Å². The van der Waals surface area contributed by atoms with Gasteiger partial charge in [-0.25, -0.2) is 12.7 Å². The number of sulfonamides is 1. The largest absolute Gasteiger partial charge is 0.496 e. The van der Waals surface area contributed by atoms with E-state index < -0.39 is 10.0 Å². The van der Waals surface area contributed by atoms with Crippen molar-refractivity contribution in [2.24, 2.45) is 0 Å². The molecule has 0 heterocycles. The Labute approximate surface area is 196 Å². The predicted octanol–water partition coefficient (Wildman–Crippen LogP) is 4.09. The number of rotatable bonds is 9. The average Bonchev–Trinajstić information content (AvgIpc) is 2.81. The molecule has 7 heteroatoms. The molecule has 0 aliphatic carbocycles. The highest BCUT2D eigenvalue weighted by Crippen LogP contribution is 2.26. The van der Waals surface area contributed by atoms with Crippen LogP contribution in [-0.4, -0.2) is 39.8 Å². The van der Waals surface area contributed by atoms with Gasteiger partial charge < -0.3 is 10.1 Å². The smallest absolute Gasteiger partial charge is 0.242 e. The average molecular weight is 467 g/mol. The van der Waals surface area contributed by atoms with E-state index in [0.717, 1.165) is 21.0 Å². The zero-order chi connectivity index (χ0) is 24.0. The minimum absolute atomic E-state index is 0.131. The van der Waals surface area contributed by atoms with Gasteiger partial charge in [0.05, 0.1) is 18.0 Å². The van der Waals surface area contributed by atoms with Gasteiger partial charge in [-0.15, -0.1) is 0 Å². The molecule has 0 bridgehead atoms. The Balaban J connectivity index is 1.80. The van der Waals surface area contributed by atoms with E-state index in [9.17, 15) is 13.2 Å². The Bertz CT molecular complexity index is 1210.